The molecule has 4 heteroatoms. The molecule has 1 N–H and O–H groups in total. The van der Waals surface area contributed by atoms with Crippen LogP contribution in [0.3, 0.4) is 0 Å². The Hall–Kier alpha value is 0.300. The molecule has 1 unspecified atom stereocenters. The molecule has 1 nitrogen and oxygen atoms in total. The Morgan fingerprint density at radius 3 is 3.15 bits per heavy atom. The zero-order valence-corrected chi connectivity index (χ0v) is 10.0. The highest BCUT2D eigenvalue weighted by Crippen LogP contribution is 2.37. The lowest BCUT2D eigenvalue weighted by Crippen LogP contribution is -2.16. The topological polar surface area (TPSA) is 12.0 Å². The van der Waals surface area contributed by atoms with Crippen molar-refractivity contribution in [1.82, 2.24) is 4.84 Å². The van der Waals surface area contributed by atoms with E-state index in [9.17, 15) is 0 Å². The van der Waals surface area contributed by atoms with Gasteiger partial charge in [-0.25, -0.2) is 4.84 Å². The predicted molar refractivity (Wildman–Crippen MR) is 61.2 cm³/mol. The van der Waals surface area contributed by atoms with Crippen LogP contribution in [0, 0.1) is 0 Å². The summed E-state index contributed by atoms with van der Waals surface area (Å²) in [5, 5.41) is 0. The normalized spacial score (nSPS) is 21.2. The number of nitrogens with one attached hydrogen (secondary N) is 1. The fourth-order valence-corrected chi connectivity index (χ4v) is 3.19. The smallest absolute Gasteiger partial charge is 0.0489 e. The molecule has 0 amide bonds. The quantitative estimate of drug-likeness (QED) is 0.786. The van der Waals surface area contributed by atoms with Crippen molar-refractivity contribution in [2.45, 2.75) is 17.4 Å². The van der Waals surface area contributed by atoms with E-state index in [0.717, 1.165) is 16.6 Å². The summed E-state index contributed by atoms with van der Waals surface area (Å²) < 4.78 is 1.12. The van der Waals surface area contributed by atoms with Gasteiger partial charge in [-0.05, 0) is 47.7 Å². The average Bonchev–Trinajstić information content (AvgIpc) is 2.17. The second kappa shape index (κ2) is 4.22. The minimum absolute atomic E-state index is 0.301. The average molecular weight is 279 g/mol. The Kier molecular flexibility index (Phi) is 3.19. The number of thioether (sulfide) groups is 1. The molecule has 2 rings (SSSR count). The van der Waals surface area contributed by atoms with E-state index < -0.39 is 0 Å². The van der Waals surface area contributed by atoms with E-state index in [-0.39, 0.29) is 0 Å². The first-order valence-electron chi connectivity index (χ1n) is 4.09. The lowest BCUT2D eigenvalue weighted by atomic mass is 10.1. The largest absolute Gasteiger partial charge is 0.226 e. The molecular weight excluding hydrogens is 270 g/mol. The lowest BCUT2D eigenvalue weighted by molar-refractivity contribution is 0.629. The molecule has 1 heterocycles. The molecule has 0 radical (unpaired) electrons. The summed E-state index contributed by atoms with van der Waals surface area (Å²) in [5.41, 5.74) is 1.31. The van der Waals surface area contributed by atoms with Crippen molar-refractivity contribution < 1.29 is 0 Å². The van der Waals surface area contributed by atoms with Crippen LogP contribution in [0.15, 0.2) is 27.6 Å². The van der Waals surface area contributed by atoms with Crippen LogP contribution in [-0.2, 0) is 0 Å². The fraction of sp³-hybridized carbons (Fsp3) is 0.333. The molecule has 0 aromatic heterocycles. The van der Waals surface area contributed by atoms with Gasteiger partial charge < -0.3 is 0 Å². The molecule has 70 valence electrons. The maximum absolute atomic E-state index is 5.69. The molecular formula is C9H9BrClNS. The molecule has 1 aliphatic heterocycles. The van der Waals surface area contributed by atoms with E-state index in [0.29, 0.717) is 6.04 Å². The number of fused-ring (bicyclic) bond motifs is 1. The highest BCUT2D eigenvalue weighted by atomic mass is 79.9. The summed E-state index contributed by atoms with van der Waals surface area (Å²) in [6.45, 7) is 0. The minimum atomic E-state index is 0.301. The molecule has 0 fully saturated rings. The second-order valence-corrected chi connectivity index (χ2v) is 5.25. The minimum Gasteiger partial charge on any atom is -0.226 e. The van der Waals surface area contributed by atoms with Crippen LogP contribution < -0.4 is 4.84 Å². The van der Waals surface area contributed by atoms with Crippen LogP contribution in [0.25, 0.3) is 0 Å². The highest BCUT2D eigenvalue weighted by molar-refractivity contribution is 9.10. The van der Waals surface area contributed by atoms with Gasteiger partial charge >= 0.3 is 0 Å². The van der Waals surface area contributed by atoms with Crippen LogP contribution >= 0.6 is 39.5 Å². The predicted octanol–water partition coefficient (Wildman–Crippen LogP) is 3.73. The molecule has 1 aromatic carbocycles. The van der Waals surface area contributed by atoms with Crippen LogP contribution in [0.2, 0.25) is 0 Å². The summed E-state index contributed by atoms with van der Waals surface area (Å²) in [7, 11) is 0. The summed E-state index contributed by atoms with van der Waals surface area (Å²) in [5.74, 6) is 1.14. The molecule has 1 aliphatic rings. The van der Waals surface area contributed by atoms with Crippen molar-refractivity contribution in [3.63, 3.8) is 0 Å². The van der Waals surface area contributed by atoms with Gasteiger partial charge in [-0.3, -0.25) is 0 Å². The standard InChI is InChI=1S/C9H9BrClNS/c10-6-1-2-9-7(5-6)8(12-11)3-4-13-9/h1-2,5,8,12H,3-4H2. The molecule has 0 spiro atoms. The SMILES string of the molecule is ClNC1CCSc2ccc(Br)cc21. The van der Waals surface area contributed by atoms with Crippen molar-refractivity contribution in [1.29, 1.82) is 0 Å². The van der Waals surface area contributed by atoms with Gasteiger partial charge in [-0.2, -0.15) is 0 Å². The number of hydrogen-bond donors (Lipinski definition) is 1. The third-order valence-electron chi connectivity index (χ3n) is 2.14. The monoisotopic (exact) mass is 277 g/mol. The van der Waals surface area contributed by atoms with Crippen molar-refractivity contribution in [2.24, 2.45) is 0 Å². The maximum atomic E-state index is 5.69. The second-order valence-electron chi connectivity index (χ2n) is 2.98. The number of benzene rings is 1. The van der Waals surface area contributed by atoms with Gasteiger partial charge in [0.15, 0.2) is 0 Å². The molecule has 13 heavy (non-hydrogen) atoms. The van der Waals surface area contributed by atoms with Crippen LogP contribution in [0.5, 0.6) is 0 Å². The van der Waals surface area contributed by atoms with Gasteiger partial charge in [0.1, 0.15) is 0 Å². The summed E-state index contributed by atoms with van der Waals surface area (Å²) in [6, 6.07) is 6.66. The molecule has 0 saturated heterocycles. The molecule has 1 atom stereocenters. The van der Waals surface area contributed by atoms with E-state index in [2.05, 4.69) is 39.0 Å². The van der Waals surface area contributed by atoms with Crippen molar-refractivity contribution in [3.8, 4) is 0 Å². The van der Waals surface area contributed by atoms with Crippen LogP contribution in [-0.4, -0.2) is 5.75 Å². The summed E-state index contributed by atoms with van der Waals surface area (Å²) in [4.78, 5) is 4.17. The van der Waals surface area contributed by atoms with Gasteiger partial charge in [-0.15, -0.1) is 11.8 Å². The van der Waals surface area contributed by atoms with Gasteiger partial charge in [-0.1, -0.05) is 15.9 Å². The Morgan fingerprint density at radius 1 is 1.54 bits per heavy atom. The number of halogens is 2. The fourth-order valence-electron chi connectivity index (χ4n) is 1.48. The van der Waals surface area contributed by atoms with E-state index in [4.69, 9.17) is 11.8 Å². The first-order valence-corrected chi connectivity index (χ1v) is 6.25. The first-order chi connectivity index (χ1) is 6.31. The first kappa shape index (κ1) is 9.84. The Labute approximate surface area is 95.5 Å². The van der Waals surface area contributed by atoms with Crippen molar-refractivity contribution >= 4 is 39.5 Å². The third kappa shape index (κ3) is 2.04. The summed E-state index contributed by atoms with van der Waals surface area (Å²) >= 11 is 11.0. The summed E-state index contributed by atoms with van der Waals surface area (Å²) in [6.07, 6.45) is 1.09. The Morgan fingerprint density at radius 2 is 2.38 bits per heavy atom. The van der Waals surface area contributed by atoms with Crippen molar-refractivity contribution in [3.05, 3.63) is 28.2 Å². The zero-order chi connectivity index (χ0) is 9.26. The van der Waals surface area contributed by atoms with Gasteiger partial charge in [0.05, 0.1) is 0 Å². The molecule has 0 saturated carbocycles. The van der Waals surface area contributed by atoms with E-state index in [1.807, 2.05) is 11.8 Å². The highest BCUT2D eigenvalue weighted by Gasteiger charge is 2.19. The lowest BCUT2D eigenvalue weighted by Gasteiger charge is -2.23. The number of rotatable bonds is 1. The number of hydrogen-bond acceptors (Lipinski definition) is 2. The van der Waals surface area contributed by atoms with E-state index >= 15 is 0 Å². The Bertz CT molecular complexity index is 318. The molecule has 0 bridgehead atoms. The van der Waals surface area contributed by atoms with E-state index in [1.165, 1.54) is 10.5 Å². The van der Waals surface area contributed by atoms with Gasteiger partial charge in [0.25, 0.3) is 0 Å². The maximum Gasteiger partial charge on any atom is 0.0489 e. The molecule has 1 aromatic rings. The van der Waals surface area contributed by atoms with Gasteiger partial charge in [0.2, 0.25) is 0 Å². The van der Waals surface area contributed by atoms with Gasteiger partial charge in [0, 0.05) is 15.4 Å². The zero-order valence-electron chi connectivity index (χ0n) is 6.89. The van der Waals surface area contributed by atoms with Crippen LogP contribution in [0.4, 0.5) is 0 Å². The third-order valence-corrected chi connectivity index (χ3v) is 4.02. The van der Waals surface area contributed by atoms with E-state index in [1.54, 1.807) is 0 Å². The Balaban J connectivity index is 2.41. The van der Waals surface area contributed by atoms with Crippen molar-refractivity contribution in [2.75, 3.05) is 5.75 Å². The molecule has 0 aliphatic carbocycles. The van der Waals surface area contributed by atoms with Crippen LogP contribution in [0.1, 0.15) is 18.0 Å².